The van der Waals surface area contributed by atoms with E-state index in [2.05, 4.69) is 10.3 Å². The molecule has 1 heterocycles. The number of carbonyl (C=O) groups excluding carboxylic acids is 2. The summed E-state index contributed by atoms with van der Waals surface area (Å²) in [5, 5.41) is 2.72. The van der Waals surface area contributed by atoms with Gasteiger partial charge in [-0.3, -0.25) is 9.36 Å². The quantitative estimate of drug-likeness (QED) is 0.676. The predicted octanol–water partition coefficient (Wildman–Crippen LogP) is 3.59. The first kappa shape index (κ1) is 18.3. The number of nitrogens with one attached hydrogen (secondary N) is 1. The molecule has 0 aliphatic carbocycles. The van der Waals surface area contributed by atoms with Crippen LogP contribution in [0.5, 0.6) is 0 Å². The molecule has 1 amide bonds. The zero-order chi connectivity index (χ0) is 19.2. The summed E-state index contributed by atoms with van der Waals surface area (Å²) in [5.41, 5.74) is 1.32. The molecule has 0 radical (unpaired) electrons. The second-order valence-corrected chi connectivity index (χ2v) is 5.78. The first-order valence-electron chi connectivity index (χ1n) is 8.43. The van der Waals surface area contributed by atoms with E-state index in [1.54, 1.807) is 31.2 Å². The van der Waals surface area contributed by atoms with Crippen LogP contribution in [-0.4, -0.2) is 27.5 Å². The minimum Gasteiger partial charge on any atom is -0.448 e. The molecule has 3 rings (SSSR count). The molecule has 2 aromatic carbocycles. The number of anilines is 1. The molecule has 138 valence electrons. The van der Waals surface area contributed by atoms with Crippen molar-refractivity contribution < 1.29 is 18.7 Å². The maximum absolute atomic E-state index is 13.1. The van der Waals surface area contributed by atoms with Gasteiger partial charge in [0.2, 0.25) is 0 Å². The molecular weight excluding hydrogens is 349 g/mol. The van der Waals surface area contributed by atoms with Crippen LogP contribution in [0.25, 0.3) is 5.69 Å². The number of amides is 1. The molecule has 0 aliphatic heterocycles. The molecule has 1 N–H and O–H groups in total. The second-order valence-electron chi connectivity index (χ2n) is 5.78. The molecular formula is C20H18FN3O3. The van der Waals surface area contributed by atoms with E-state index >= 15 is 0 Å². The summed E-state index contributed by atoms with van der Waals surface area (Å²) in [7, 11) is 0. The molecule has 27 heavy (non-hydrogen) atoms. The average molecular weight is 367 g/mol. The number of para-hydroxylation sites is 1. The highest BCUT2D eigenvalue weighted by Gasteiger charge is 2.24. The van der Waals surface area contributed by atoms with E-state index in [4.69, 9.17) is 4.74 Å². The number of esters is 1. The summed E-state index contributed by atoms with van der Waals surface area (Å²) < 4.78 is 20.0. The van der Waals surface area contributed by atoms with Gasteiger partial charge in [0.1, 0.15) is 5.82 Å². The largest absolute Gasteiger partial charge is 0.448 e. The fourth-order valence-corrected chi connectivity index (χ4v) is 2.51. The second kappa shape index (κ2) is 8.27. The lowest BCUT2D eigenvalue weighted by Crippen LogP contribution is -2.32. The monoisotopic (exact) mass is 367 g/mol. The molecule has 1 aromatic heterocycles. The van der Waals surface area contributed by atoms with Gasteiger partial charge in [-0.1, -0.05) is 25.1 Å². The lowest BCUT2D eigenvalue weighted by molar-refractivity contribution is -0.124. The summed E-state index contributed by atoms with van der Waals surface area (Å²) >= 11 is 0. The highest BCUT2D eigenvalue weighted by atomic mass is 19.1. The van der Waals surface area contributed by atoms with E-state index < -0.39 is 18.0 Å². The minimum absolute atomic E-state index is 0.146. The maximum Gasteiger partial charge on any atom is 0.357 e. The highest BCUT2D eigenvalue weighted by molar-refractivity contribution is 5.97. The molecule has 0 saturated carbocycles. The van der Waals surface area contributed by atoms with Crippen LogP contribution in [0.2, 0.25) is 0 Å². The smallest absolute Gasteiger partial charge is 0.357 e. The molecule has 3 aromatic rings. The Morgan fingerprint density at radius 3 is 2.52 bits per heavy atom. The molecule has 0 bridgehead atoms. The summed E-state index contributed by atoms with van der Waals surface area (Å²) in [6.45, 7) is 1.75. The minimum atomic E-state index is -0.950. The maximum atomic E-state index is 13.1. The SMILES string of the molecule is CCC(OC(=O)c1cncn1-c1ccc(F)cc1)C(=O)Nc1ccccc1. The van der Waals surface area contributed by atoms with Gasteiger partial charge < -0.3 is 10.1 Å². The van der Waals surface area contributed by atoms with E-state index in [0.29, 0.717) is 17.8 Å². The molecule has 0 aliphatic rings. The number of aromatic nitrogens is 2. The third-order valence-electron chi connectivity index (χ3n) is 3.91. The van der Waals surface area contributed by atoms with Crippen LogP contribution in [0.15, 0.2) is 67.1 Å². The van der Waals surface area contributed by atoms with Crippen LogP contribution >= 0.6 is 0 Å². The first-order valence-corrected chi connectivity index (χ1v) is 8.43. The Hall–Kier alpha value is -3.48. The molecule has 0 spiro atoms. The Morgan fingerprint density at radius 1 is 1.15 bits per heavy atom. The van der Waals surface area contributed by atoms with Crippen LogP contribution in [0.4, 0.5) is 10.1 Å². The van der Waals surface area contributed by atoms with Gasteiger partial charge in [0, 0.05) is 11.4 Å². The average Bonchev–Trinajstić information content (AvgIpc) is 3.17. The van der Waals surface area contributed by atoms with Crippen molar-refractivity contribution in [2.75, 3.05) is 5.32 Å². The summed E-state index contributed by atoms with van der Waals surface area (Å²) in [5.74, 6) is -1.48. The van der Waals surface area contributed by atoms with Crippen molar-refractivity contribution in [2.24, 2.45) is 0 Å². The number of benzene rings is 2. The van der Waals surface area contributed by atoms with Gasteiger partial charge in [0.15, 0.2) is 11.8 Å². The molecule has 0 fully saturated rings. The Morgan fingerprint density at radius 2 is 1.85 bits per heavy atom. The number of nitrogens with zero attached hydrogens (tertiary/aromatic N) is 2. The summed E-state index contributed by atoms with van der Waals surface area (Å²) in [6.07, 6.45) is 2.13. The van der Waals surface area contributed by atoms with E-state index in [9.17, 15) is 14.0 Å². The van der Waals surface area contributed by atoms with Crippen LogP contribution in [0, 0.1) is 5.82 Å². The number of rotatable bonds is 6. The zero-order valence-electron chi connectivity index (χ0n) is 14.6. The molecule has 6 nitrogen and oxygen atoms in total. The number of carbonyl (C=O) groups is 2. The Balaban J connectivity index is 1.73. The third-order valence-corrected chi connectivity index (χ3v) is 3.91. The van der Waals surface area contributed by atoms with Crippen molar-refractivity contribution in [1.82, 2.24) is 9.55 Å². The highest BCUT2D eigenvalue weighted by Crippen LogP contribution is 2.15. The van der Waals surface area contributed by atoms with Crippen molar-refractivity contribution in [3.63, 3.8) is 0 Å². The van der Waals surface area contributed by atoms with Crippen molar-refractivity contribution in [3.8, 4) is 5.69 Å². The van der Waals surface area contributed by atoms with E-state index in [0.717, 1.165) is 0 Å². The summed E-state index contributed by atoms with van der Waals surface area (Å²) in [4.78, 5) is 28.9. The fraction of sp³-hybridized carbons (Fsp3) is 0.150. The molecule has 1 atom stereocenters. The van der Waals surface area contributed by atoms with Crippen LogP contribution in [-0.2, 0) is 9.53 Å². The van der Waals surface area contributed by atoms with Crippen LogP contribution < -0.4 is 5.32 Å². The van der Waals surface area contributed by atoms with Gasteiger partial charge in [-0.15, -0.1) is 0 Å². The Bertz CT molecular complexity index is 923. The lowest BCUT2D eigenvalue weighted by Gasteiger charge is -2.16. The lowest BCUT2D eigenvalue weighted by atomic mass is 10.2. The van der Waals surface area contributed by atoms with E-state index in [-0.39, 0.29) is 11.5 Å². The van der Waals surface area contributed by atoms with Gasteiger partial charge >= 0.3 is 5.97 Å². The van der Waals surface area contributed by atoms with Gasteiger partial charge in [-0.05, 0) is 42.8 Å². The number of imidazole rings is 1. The summed E-state index contributed by atoms with van der Waals surface area (Å²) in [6, 6.07) is 14.5. The van der Waals surface area contributed by atoms with E-state index in [1.165, 1.54) is 41.4 Å². The third kappa shape index (κ3) is 4.38. The first-order chi connectivity index (χ1) is 13.1. The molecule has 1 unspecified atom stereocenters. The van der Waals surface area contributed by atoms with Crippen LogP contribution in [0.1, 0.15) is 23.8 Å². The zero-order valence-corrected chi connectivity index (χ0v) is 14.6. The van der Waals surface area contributed by atoms with Gasteiger partial charge in [-0.25, -0.2) is 14.2 Å². The Kier molecular flexibility index (Phi) is 5.61. The Labute approximate surface area is 155 Å². The number of halogens is 1. The van der Waals surface area contributed by atoms with Crippen LogP contribution in [0.3, 0.4) is 0 Å². The van der Waals surface area contributed by atoms with Crippen molar-refractivity contribution in [3.05, 3.63) is 78.6 Å². The molecule has 7 heteroatoms. The topological polar surface area (TPSA) is 73.2 Å². The number of hydrogen-bond donors (Lipinski definition) is 1. The number of hydrogen-bond acceptors (Lipinski definition) is 4. The van der Waals surface area contributed by atoms with Gasteiger partial charge in [0.25, 0.3) is 5.91 Å². The number of ether oxygens (including phenoxy) is 1. The van der Waals surface area contributed by atoms with Crippen molar-refractivity contribution in [2.45, 2.75) is 19.4 Å². The van der Waals surface area contributed by atoms with Gasteiger partial charge in [-0.2, -0.15) is 0 Å². The van der Waals surface area contributed by atoms with Crippen molar-refractivity contribution in [1.29, 1.82) is 0 Å². The van der Waals surface area contributed by atoms with Crippen molar-refractivity contribution >= 4 is 17.6 Å². The standard InChI is InChI=1S/C20H18FN3O3/c1-2-18(19(25)23-15-6-4-3-5-7-15)27-20(26)17-12-22-13-24(17)16-10-8-14(21)9-11-16/h3-13,18H,2H2,1H3,(H,23,25). The fourth-order valence-electron chi connectivity index (χ4n) is 2.51. The van der Waals surface area contributed by atoms with E-state index in [1.807, 2.05) is 6.07 Å². The normalized spacial score (nSPS) is 11.6. The predicted molar refractivity (Wildman–Crippen MR) is 98.1 cm³/mol. The van der Waals surface area contributed by atoms with Gasteiger partial charge in [0.05, 0.1) is 12.5 Å². The molecule has 0 saturated heterocycles.